The number of carboxylic acids is 1. The van der Waals surface area contributed by atoms with Crippen molar-refractivity contribution < 1.29 is 23.2 Å². The molecule has 0 aliphatic carbocycles. The number of aryl methyl sites for hydroxylation is 1. The highest BCUT2D eigenvalue weighted by molar-refractivity contribution is 7.89. The molecule has 0 unspecified atom stereocenters. The van der Waals surface area contributed by atoms with Crippen molar-refractivity contribution in [3.05, 3.63) is 33.9 Å². The lowest BCUT2D eigenvalue weighted by Crippen LogP contribution is -2.50. The minimum Gasteiger partial charge on any atom is -0.480 e. The van der Waals surface area contributed by atoms with Crippen molar-refractivity contribution in [1.29, 1.82) is 0 Å². The fourth-order valence-corrected chi connectivity index (χ4v) is 3.04. The number of aliphatic carboxylic acids is 1. The van der Waals surface area contributed by atoms with Crippen LogP contribution in [0.3, 0.4) is 0 Å². The molecule has 0 saturated carbocycles. The summed E-state index contributed by atoms with van der Waals surface area (Å²) in [6.07, 6.45) is 0. The van der Waals surface area contributed by atoms with E-state index in [-0.39, 0.29) is 10.6 Å². The fourth-order valence-electron chi connectivity index (χ4n) is 1.54. The molecule has 0 saturated heterocycles. The molecule has 0 atom stereocenters. The molecule has 8 nitrogen and oxygen atoms in total. The predicted octanol–water partition coefficient (Wildman–Crippen LogP) is 1.39. The summed E-state index contributed by atoms with van der Waals surface area (Å²) in [5.74, 6) is -1.32. The van der Waals surface area contributed by atoms with E-state index in [2.05, 4.69) is 0 Å². The van der Waals surface area contributed by atoms with E-state index in [1.807, 2.05) is 0 Å². The highest BCUT2D eigenvalue weighted by atomic mass is 32.2. The number of hydrogen-bond acceptors (Lipinski definition) is 5. The zero-order valence-corrected chi connectivity index (χ0v) is 12.8. The molecular weight excluding hydrogens is 300 g/mol. The topological polar surface area (TPSA) is 118 Å². The van der Waals surface area contributed by atoms with Crippen LogP contribution in [-0.4, -0.2) is 41.3 Å². The van der Waals surface area contributed by atoms with E-state index in [1.54, 1.807) is 0 Å². The van der Waals surface area contributed by atoms with Crippen LogP contribution in [0, 0.1) is 17.0 Å². The molecule has 1 aromatic carbocycles. The number of sulfonamides is 1. The molecular formula is C12H16N2O6S. The number of hydrogen-bond donors (Lipinski definition) is 1. The van der Waals surface area contributed by atoms with Gasteiger partial charge in [-0.05, 0) is 26.8 Å². The maximum absolute atomic E-state index is 12.4. The minimum absolute atomic E-state index is 0.319. The summed E-state index contributed by atoms with van der Waals surface area (Å²) in [7, 11) is -3.05. The van der Waals surface area contributed by atoms with E-state index in [0.29, 0.717) is 9.87 Å². The quantitative estimate of drug-likeness (QED) is 0.647. The maximum atomic E-state index is 12.4. The molecule has 21 heavy (non-hydrogen) atoms. The van der Waals surface area contributed by atoms with Gasteiger partial charge in [-0.25, -0.2) is 8.42 Å². The van der Waals surface area contributed by atoms with Gasteiger partial charge in [0.05, 0.1) is 9.82 Å². The summed E-state index contributed by atoms with van der Waals surface area (Å²) in [6, 6.07) is 3.46. The van der Waals surface area contributed by atoms with E-state index < -0.39 is 26.5 Å². The van der Waals surface area contributed by atoms with Crippen molar-refractivity contribution in [2.45, 2.75) is 31.2 Å². The molecule has 1 N–H and O–H groups in total. The first-order valence-corrected chi connectivity index (χ1v) is 7.34. The van der Waals surface area contributed by atoms with Crippen LogP contribution < -0.4 is 0 Å². The lowest BCUT2D eigenvalue weighted by atomic mass is 10.1. The number of rotatable bonds is 5. The van der Waals surface area contributed by atoms with Gasteiger partial charge < -0.3 is 5.11 Å². The SMILES string of the molecule is Cc1ccc(S(=O)(=O)N(C)C(C)(C)C(=O)O)cc1[N+](=O)[O-]. The Hall–Kier alpha value is -2.00. The average Bonchev–Trinajstić information content (AvgIpc) is 2.37. The number of nitro groups is 1. The molecule has 1 rings (SSSR count). The number of likely N-dealkylation sites (N-methyl/N-ethyl adjacent to an activating group) is 1. The standard InChI is InChI=1S/C12H16N2O6S/c1-8-5-6-9(7-10(8)14(17)18)21(19,20)13(4)12(2,3)11(15)16/h5-7H,1-4H3,(H,15,16). The van der Waals surface area contributed by atoms with Gasteiger partial charge in [0.2, 0.25) is 10.0 Å². The van der Waals surface area contributed by atoms with E-state index in [9.17, 15) is 23.3 Å². The van der Waals surface area contributed by atoms with Crippen molar-refractivity contribution in [3.63, 3.8) is 0 Å². The molecule has 0 fully saturated rings. The average molecular weight is 316 g/mol. The summed E-state index contributed by atoms with van der Waals surface area (Å²) in [5, 5.41) is 20.0. The van der Waals surface area contributed by atoms with Crippen molar-refractivity contribution in [2.24, 2.45) is 0 Å². The lowest BCUT2D eigenvalue weighted by molar-refractivity contribution is -0.385. The van der Waals surface area contributed by atoms with Crippen LogP contribution in [0.1, 0.15) is 19.4 Å². The second-order valence-electron chi connectivity index (χ2n) is 5.04. The molecule has 116 valence electrons. The molecule has 0 amide bonds. The van der Waals surface area contributed by atoms with Gasteiger partial charge in [-0.15, -0.1) is 0 Å². The summed E-state index contributed by atoms with van der Waals surface area (Å²) in [4.78, 5) is 21.0. The summed E-state index contributed by atoms with van der Waals surface area (Å²) in [5.41, 5.74) is -1.70. The number of nitrogens with zero attached hydrogens (tertiary/aromatic N) is 2. The Morgan fingerprint density at radius 3 is 2.33 bits per heavy atom. The maximum Gasteiger partial charge on any atom is 0.324 e. The van der Waals surface area contributed by atoms with Crippen LogP contribution in [-0.2, 0) is 14.8 Å². The number of carbonyl (C=O) groups is 1. The van der Waals surface area contributed by atoms with Gasteiger partial charge in [0.15, 0.2) is 0 Å². The first kappa shape index (κ1) is 17.1. The van der Waals surface area contributed by atoms with Gasteiger partial charge >= 0.3 is 5.97 Å². The Balaban J connectivity index is 3.42. The first-order valence-electron chi connectivity index (χ1n) is 5.90. The molecule has 9 heteroatoms. The number of nitro benzene ring substituents is 1. The molecule has 1 aromatic rings. The van der Waals surface area contributed by atoms with Gasteiger partial charge in [0, 0.05) is 18.7 Å². The molecule has 0 radical (unpaired) electrons. The van der Waals surface area contributed by atoms with Gasteiger partial charge in [-0.1, -0.05) is 6.07 Å². The Morgan fingerprint density at radius 1 is 1.38 bits per heavy atom. The van der Waals surface area contributed by atoms with E-state index in [4.69, 9.17) is 5.11 Å². The van der Waals surface area contributed by atoms with Crippen LogP contribution >= 0.6 is 0 Å². The smallest absolute Gasteiger partial charge is 0.324 e. The first-order chi connectivity index (χ1) is 9.42. The van der Waals surface area contributed by atoms with Gasteiger partial charge in [0.25, 0.3) is 5.69 Å². The van der Waals surface area contributed by atoms with Crippen LogP contribution in [0.4, 0.5) is 5.69 Å². The highest BCUT2D eigenvalue weighted by Gasteiger charge is 2.40. The van der Waals surface area contributed by atoms with Crippen LogP contribution in [0.5, 0.6) is 0 Å². The Labute approximate surface area is 122 Å². The van der Waals surface area contributed by atoms with E-state index >= 15 is 0 Å². The van der Waals surface area contributed by atoms with Crippen LogP contribution in [0.15, 0.2) is 23.1 Å². The van der Waals surface area contributed by atoms with Gasteiger partial charge in [-0.2, -0.15) is 4.31 Å². The van der Waals surface area contributed by atoms with Crippen molar-refractivity contribution >= 4 is 21.7 Å². The molecule has 0 aromatic heterocycles. The Bertz CT molecular complexity index is 696. The minimum atomic E-state index is -4.17. The zero-order valence-electron chi connectivity index (χ0n) is 12.0. The second kappa shape index (κ2) is 5.41. The van der Waals surface area contributed by atoms with Crippen LogP contribution in [0.2, 0.25) is 0 Å². The van der Waals surface area contributed by atoms with Crippen LogP contribution in [0.25, 0.3) is 0 Å². The second-order valence-corrected chi connectivity index (χ2v) is 7.01. The van der Waals surface area contributed by atoms with Crippen molar-refractivity contribution in [1.82, 2.24) is 4.31 Å². The monoisotopic (exact) mass is 316 g/mol. The Kier molecular flexibility index (Phi) is 4.40. The Morgan fingerprint density at radius 2 is 1.90 bits per heavy atom. The molecule has 0 spiro atoms. The molecule has 0 bridgehead atoms. The highest BCUT2D eigenvalue weighted by Crippen LogP contribution is 2.27. The van der Waals surface area contributed by atoms with Crippen molar-refractivity contribution in [2.75, 3.05) is 7.05 Å². The third kappa shape index (κ3) is 3.03. The third-order valence-electron chi connectivity index (χ3n) is 3.35. The normalized spacial score (nSPS) is 12.4. The predicted molar refractivity (Wildman–Crippen MR) is 74.5 cm³/mol. The fraction of sp³-hybridized carbons (Fsp3) is 0.417. The number of benzene rings is 1. The molecule has 0 aliphatic rings. The third-order valence-corrected chi connectivity index (χ3v) is 5.37. The van der Waals surface area contributed by atoms with Crippen molar-refractivity contribution in [3.8, 4) is 0 Å². The summed E-state index contributed by atoms with van der Waals surface area (Å²) in [6.45, 7) is 3.95. The lowest BCUT2D eigenvalue weighted by Gasteiger charge is -2.30. The van der Waals surface area contributed by atoms with E-state index in [1.165, 1.54) is 32.9 Å². The molecule has 0 aliphatic heterocycles. The van der Waals surface area contributed by atoms with E-state index in [0.717, 1.165) is 13.1 Å². The van der Waals surface area contributed by atoms with Gasteiger partial charge in [0.1, 0.15) is 5.54 Å². The largest absolute Gasteiger partial charge is 0.480 e. The zero-order chi connectivity index (χ0) is 16.6. The summed E-state index contributed by atoms with van der Waals surface area (Å²) >= 11 is 0. The number of carboxylic acid groups (broad SMARTS) is 1. The summed E-state index contributed by atoms with van der Waals surface area (Å²) < 4.78 is 25.5. The van der Waals surface area contributed by atoms with Gasteiger partial charge in [-0.3, -0.25) is 14.9 Å². The molecule has 0 heterocycles.